The summed E-state index contributed by atoms with van der Waals surface area (Å²) in [5, 5.41) is 20.2. The Balaban J connectivity index is 1.76. The summed E-state index contributed by atoms with van der Waals surface area (Å²) < 4.78 is 18.5. The monoisotopic (exact) mass is 497 g/mol. The zero-order valence-electron chi connectivity index (χ0n) is 20.6. The number of imidazole rings is 1. The van der Waals surface area contributed by atoms with Gasteiger partial charge in [0.2, 0.25) is 0 Å². The van der Waals surface area contributed by atoms with Crippen LogP contribution in [0, 0.1) is 31.0 Å². The number of carboxylic acids is 1. The quantitative estimate of drug-likeness (QED) is 0.374. The van der Waals surface area contributed by atoms with E-state index in [0.717, 1.165) is 27.6 Å². The van der Waals surface area contributed by atoms with Crippen LogP contribution in [0.4, 0.5) is 4.39 Å². The van der Waals surface area contributed by atoms with Crippen LogP contribution >= 0.6 is 0 Å². The number of nitriles is 1. The largest absolute Gasteiger partial charge is 0.481 e. The Morgan fingerprint density at radius 3 is 2.54 bits per heavy atom. The fourth-order valence-corrected chi connectivity index (χ4v) is 5.16. The molecule has 0 saturated carbocycles. The van der Waals surface area contributed by atoms with Crippen LogP contribution in [-0.4, -0.2) is 29.8 Å². The highest BCUT2D eigenvalue weighted by Crippen LogP contribution is 2.29. The molecule has 8 nitrogen and oxygen atoms in total. The number of aromatic nitrogens is 4. The predicted octanol–water partition coefficient (Wildman–Crippen LogP) is 4.43. The van der Waals surface area contributed by atoms with E-state index in [1.54, 1.807) is 10.6 Å². The summed E-state index contributed by atoms with van der Waals surface area (Å²) in [5.41, 5.74) is 4.96. The molecular formula is C28H24FN5O3. The van der Waals surface area contributed by atoms with Crippen molar-refractivity contribution in [2.75, 3.05) is 0 Å². The van der Waals surface area contributed by atoms with Gasteiger partial charge < -0.3 is 9.67 Å². The summed E-state index contributed by atoms with van der Waals surface area (Å²) >= 11 is 0. The summed E-state index contributed by atoms with van der Waals surface area (Å²) in [6, 6.07) is 13.8. The second kappa shape index (κ2) is 9.06. The molecule has 37 heavy (non-hydrogen) atoms. The van der Waals surface area contributed by atoms with Gasteiger partial charge in [-0.3, -0.25) is 13.9 Å². The Bertz CT molecular complexity index is 1790. The average Bonchev–Trinajstić information content (AvgIpc) is 3.31. The van der Waals surface area contributed by atoms with Crippen LogP contribution in [0.15, 0.2) is 59.5 Å². The van der Waals surface area contributed by atoms with Gasteiger partial charge in [-0.05, 0) is 66.4 Å². The van der Waals surface area contributed by atoms with E-state index in [1.807, 2.05) is 37.7 Å². The molecule has 2 aromatic carbocycles. The fourth-order valence-electron chi connectivity index (χ4n) is 5.16. The van der Waals surface area contributed by atoms with E-state index in [4.69, 9.17) is 0 Å². The zero-order valence-corrected chi connectivity index (χ0v) is 20.6. The van der Waals surface area contributed by atoms with Gasteiger partial charge in [-0.15, -0.1) is 0 Å². The molecule has 1 atom stereocenters. The molecule has 0 spiro atoms. The SMILES string of the molecule is Cc1cc(C)c2c(Cn3c(=O)n([C@H](CC(=O)O)c4ccc(F)cc4)c4nc(C#N)ccc43)cn(C)c2c1. The van der Waals surface area contributed by atoms with Crippen molar-refractivity contribution < 1.29 is 14.3 Å². The molecule has 0 aliphatic heterocycles. The van der Waals surface area contributed by atoms with E-state index in [1.165, 1.54) is 34.9 Å². The first-order valence-electron chi connectivity index (χ1n) is 11.7. The first-order chi connectivity index (χ1) is 17.7. The number of carboxylic acid groups (broad SMARTS) is 1. The van der Waals surface area contributed by atoms with Crippen molar-refractivity contribution >= 4 is 28.0 Å². The van der Waals surface area contributed by atoms with Gasteiger partial charge in [0.15, 0.2) is 5.65 Å². The number of benzene rings is 2. The predicted molar refractivity (Wildman–Crippen MR) is 137 cm³/mol. The Hall–Kier alpha value is -4.71. The lowest BCUT2D eigenvalue weighted by Crippen LogP contribution is -2.30. The lowest BCUT2D eigenvalue weighted by molar-refractivity contribution is -0.137. The highest BCUT2D eigenvalue weighted by molar-refractivity contribution is 5.88. The highest BCUT2D eigenvalue weighted by Gasteiger charge is 2.26. The van der Waals surface area contributed by atoms with Crippen LogP contribution in [0.1, 0.15) is 40.4 Å². The molecule has 0 saturated heterocycles. The molecule has 0 aliphatic carbocycles. The molecule has 0 aliphatic rings. The Morgan fingerprint density at radius 1 is 1.14 bits per heavy atom. The van der Waals surface area contributed by atoms with E-state index in [2.05, 4.69) is 17.1 Å². The normalized spacial score (nSPS) is 12.2. The molecular weight excluding hydrogens is 473 g/mol. The zero-order chi connectivity index (χ0) is 26.4. The molecule has 9 heteroatoms. The Labute approximate surface area is 211 Å². The van der Waals surface area contributed by atoms with Crippen LogP contribution in [0.25, 0.3) is 22.1 Å². The molecule has 0 radical (unpaired) electrons. The van der Waals surface area contributed by atoms with Gasteiger partial charge in [0.25, 0.3) is 0 Å². The molecule has 0 unspecified atom stereocenters. The van der Waals surface area contributed by atoms with Crippen molar-refractivity contribution in [1.82, 2.24) is 18.7 Å². The maximum absolute atomic E-state index is 14.0. The number of hydrogen-bond donors (Lipinski definition) is 1. The Kier molecular flexibility index (Phi) is 5.88. The van der Waals surface area contributed by atoms with Crippen molar-refractivity contribution in [3.63, 3.8) is 0 Å². The van der Waals surface area contributed by atoms with Crippen LogP contribution < -0.4 is 5.69 Å². The summed E-state index contributed by atoms with van der Waals surface area (Å²) in [6.45, 7) is 4.29. The van der Waals surface area contributed by atoms with Crippen molar-refractivity contribution in [2.45, 2.75) is 32.9 Å². The van der Waals surface area contributed by atoms with Crippen molar-refractivity contribution in [2.24, 2.45) is 7.05 Å². The number of aliphatic carboxylic acids is 1. The maximum Gasteiger partial charge on any atom is 0.331 e. The van der Waals surface area contributed by atoms with Gasteiger partial charge in [0, 0.05) is 24.1 Å². The van der Waals surface area contributed by atoms with Crippen molar-refractivity contribution in [3.8, 4) is 6.07 Å². The first-order valence-corrected chi connectivity index (χ1v) is 11.7. The van der Waals surface area contributed by atoms with Crippen LogP contribution in [0.5, 0.6) is 0 Å². The van der Waals surface area contributed by atoms with Gasteiger partial charge >= 0.3 is 11.7 Å². The van der Waals surface area contributed by atoms with Crippen molar-refractivity contribution in [3.05, 3.63) is 99.0 Å². The van der Waals surface area contributed by atoms with E-state index in [-0.39, 0.29) is 17.9 Å². The molecule has 0 amide bonds. The van der Waals surface area contributed by atoms with Crippen LogP contribution in [-0.2, 0) is 18.4 Å². The average molecular weight is 498 g/mol. The minimum absolute atomic E-state index is 0.100. The number of hydrogen-bond acceptors (Lipinski definition) is 4. The Morgan fingerprint density at radius 2 is 1.86 bits per heavy atom. The van der Waals surface area contributed by atoms with Crippen LogP contribution in [0.3, 0.4) is 0 Å². The number of halogens is 1. The van der Waals surface area contributed by atoms with Gasteiger partial charge in [-0.25, -0.2) is 14.2 Å². The van der Waals surface area contributed by atoms with Crippen LogP contribution in [0.2, 0.25) is 0 Å². The number of carbonyl (C=O) groups is 1. The number of aryl methyl sites for hydroxylation is 3. The molecule has 5 rings (SSSR count). The number of rotatable bonds is 6. The van der Waals surface area contributed by atoms with Gasteiger partial charge in [-0.2, -0.15) is 5.26 Å². The fraction of sp³-hybridized carbons (Fsp3) is 0.214. The third-order valence-corrected chi connectivity index (χ3v) is 6.70. The molecule has 0 bridgehead atoms. The van der Waals surface area contributed by atoms with Gasteiger partial charge in [0.1, 0.15) is 17.6 Å². The molecule has 3 heterocycles. The van der Waals surface area contributed by atoms with E-state index < -0.39 is 29.9 Å². The van der Waals surface area contributed by atoms with Gasteiger partial charge in [-0.1, -0.05) is 18.2 Å². The van der Waals surface area contributed by atoms with Crippen molar-refractivity contribution in [1.29, 1.82) is 5.26 Å². The smallest absolute Gasteiger partial charge is 0.331 e. The molecule has 3 aromatic heterocycles. The third kappa shape index (κ3) is 4.16. The minimum Gasteiger partial charge on any atom is -0.481 e. The molecule has 5 aromatic rings. The summed E-state index contributed by atoms with van der Waals surface area (Å²) in [4.78, 5) is 30.2. The first kappa shape index (κ1) is 24.0. The third-order valence-electron chi connectivity index (χ3n) is 6.70. The topological polar surface area (TPSA) is 106 Å². The maximum atomic E-state index is 14.0. The van der Waals surface area contributed by atoms with E-state index >= 15 is 0 Å². The lowest BCUT2D eigenvalue weighted by Gasteiger charge is -2.17. The summed E-state index contributed by atoms with van der Waals surface area (Å²) in [7, 11) is 1.95. The second-order valence-corrected chi connectivity index (χ2v) is 9.30. The minimum atomic E-state index is -1.13. The number of pyridine rings is 1. The van der Waals surface area contributed by atoms with Gasteiger partial charge in [0.05, 0.1) is 24.5 Å². The van der Waals surface area contributed by atoms with E-state index in [0.29, 0.717) is 11.1 Å². The summed E-state index contributed by atoms with van der Waals surface area (Å²) in [6.07, 6.45) is 1.56. The standard InChI is InChI=1S/C28H24FN5O3/c1-16-10-17(2)26-19(14-32(3)24(26)11-16)15-33-22-9-8-21(13-30)31-27(22)34(28(33)37)23(12-25(35)36)18-4-6-20(29)7-5-18/h4-11,14,23H,12,15H2,1-3H3,(H,35,36)/t23-/m1/s1. The highest BCUT2D eigenvalue weighted by atomic mass is 19.1. The lowest BCUT2D eigenvalue weighted by atomic mass is 10.0. The molecule has 1 N–H and O–H groups in total. The molecule has 186 valence electrons. The summed E-state index contributed by atoms with van der Waals surface area (Å²) in [5.74, 6) is -1.60. The number of fused-ring (bicyclic) bond motifs is 2. The molecule has 0 fully saturated rings. The van der Waals surface area contributed by atoms with E-state index in [9.17, 15) is 24.3 Å². The number of nitrogens with zero attached hydrogens (tertiary/aromatic N) is 5. The second-order valence-electron chi connectivity index (χ2n) is 9.30.